The van der Waals surface area contributed by atoms with Crippen LogP contribution in [0.1, 0.15) is 34.7 Å². The first-order valence-electron chi connectivity index (χ1n) is 6.36. The van der Waals surface area contributed by atoms with E-state index >= 15 is 0 Å². The Morgan fingerprint density at radius 3 is 2.58 bits per heavy atom. The number of hydrogen-bond donors (Lipinski definition) is 1. The third kappa shape index (κ3) is 3.91. The van der Waals surface area contributed by atoms with E-state index in [0.29, 0.717) is 0 Å². The van der Waals surface area contributed by atoms with Gasteiger partial charge in [-0.15, -0.1) is 11.3 Å². The third-order valence-electron chi connectivity index (χ3n) is 2.92. The Morgan fingerprint density at radius 1 is 1.21 bits per heavy atom. The van der Waals surface area contributed by atoms with E-state index in [1.807, 2.05) is 11.3 Å². The summed E-state index contributed by atoms with van der Waals surface area (Å²) in [4.78, 5) is 2.72. The lowest BCUT2D eigenvalue weighted by Gasteiger charge is -2.19. The molecule has 0 radical (unpaired) electrons. The zero-order valence-electron chi connectivity index (χ0n) is 11.0. The van der Waals surface area contributed by atoms with Gasteiger partial charge in [0.15, 0.2) is 0 Å². The maximum absolute atomic E-state index is 3.68. The highest BCUT2D eigenvalue weighted by molar-refractivity contribution is 9.11. The van der Waals surface area contributed by atoms with Crippen molar-refractivity contribution in [1.82, 2.24) is 5.32 Å². The first-order chi connectivity index (χ1) is 9.11. The second-order valence-corrected chi connectivity index (χ2v) is 7.59. The highest BCUT2D eigenvalue weighted by Gasteiger charge is 2.17. The average molecular weight is 403 g/mol. The molecule has 2 rings (SSSR count). The van der Waals surface area contributed by atoms with E-state index in [1.54, 1.807) is 0 Å². The van der Waals surface area contributed by atoms with Crippen LogP contribution in [0.5, 0.6) is 0 Å². The molecule has 1 N–H and O–H groups in total. The summed E-state index contributed by atoms with van der Waals surface area (Å²) < 4.78 is 2.24. The van der Waals surface area contributed by atoms with Crippen LogP contribution >= 0.6 is 43.2 Å². The third-order valence-corrected chi connectivity index (χ3v) is 5.16. The first-order valence-corrected chi connectivity index (χ1v) is 8.76. The number of aryl methyl sites for hydroxylation is 1. The minimum absolute atomic E-state index is 0.265. The Bertz CT molecular complexity index is 551. The molecule has 1 atom stereocenters. The van der Waals surface area contributed by atoms with Crippen molar-refractivity contribution in [2.24, 2.45) is 0 Å². The monoisotopic (exact) mass is 401 g/mol. The maximum Gasteiger partial charge on any atom is 0.0682 e. The summed E-state index contributed by atoms with van der Waals surface area (Å²) in [5, 5.41) is 3.64. The topological polar surface area (TPSA) is 12.0 Å². The van der Waals surface area contributed by atoms with E-state index in [1.165, 1.54) is 15.3 Å². The quantitative estimate of drug-likeness (QED) is 0.679. The van der Waals surface area contributed by atoms with Gasteiger partial charge in [0, 0.05) is 18.7 Å². The van der Waals surface area contributed by atoms with Gasteiger partial charge in [0.2, 0.25) is 0 Å². The van der Waals surface area contributed by atoms with Gasteiger partial charge in [-0.25, -0.2) is 0 Å². The van der Waals surface area contributed by atoms with Gasteiger partial charge in [-0.2, -0.15) is 0 Å². The van der Waals surface area contributed by atoms with E-state index < -0.39 is 0 Å². The van der Waals surface area contributed by atoms with E-state index in [0.717, 1.165) is 21.9 Å². The molecular weight excluding hydrogens is 386 g/mol. The zero-order chi connectivity index (χ0) is 13.8. The molecule has 1 aromatic heterocycles. The standard InChI is InChI=1S/C15H17Br2NS/c1-3-8-18-15(14-7-4-10(2)19-14)12-6-5-11(16)9-13(12)17/h4-7,9,15,18H,3,8H2,1-2H3. The van der Waals surface area contributed by atoms with Crippen molar-refractivity contribution in [2.45, 2.75) is 26.3 Å². The highest BCUT2D eigenvalue weighted by Crippen LogP contribution is 2.33. The van der Waals surface area contributed by atoms with Crippen molar-refractivity contribution in [2.75, 3.05) is 6.54 Å². The summed E-state index contributed by atoms with van der Waals surface area (Å²) in [7, 11) is 0. The molecule has 0 saturated carbocycles. The van der Waals surface area contributed by atoms with Crippen LogP contribution in [0.3, 0.4) is 0 Å². The number of nitrogens with one attached hydrogen (secondary N) is 1. The van der Waals surface area contributed by atoms with Gasteiger partial charge in [0.25, 0.3) is 0 Å². The summed E-state index contributed by atoms with van der Waals surface area (Å²) in [5.74, 6) is 0. The molecule has 0 amide bonds. The molecule has 0 spiro atoms. The lowest BCUT2D eigenvalue weighted by Crippen LogP contribution is -2.22. The molecule has 0 saturated heterocycles. The molecule has 0 aliphatic heterocycles. The molecule has 4 heteroatoms. The van der Waals surface area contributed by atoms with Gasteiger partial charge < -0.3 is 5.32 Å². The van der Waals surface area contributed by atoms with E-state index in [4.69, 9.17) is 0 Å². The SMILES string of the molecule is CCCNC(c1ccc(C)s1)c1ccc(Br)cc1Br. The fourth-order valence-electron chi connectivity index (χ4n) is 2.00. The molecule has 102 valence electrons. The second kappa shape index (κ2) is 7.02. The smallest absolute Gasteiger partial charge is 0.0682 e. The summed E-state index contributed by atoms with van der Waals surface area (Å²) in [6.07, 6.45) is 1.13. The van der Waals surface area contributed by atoms with Crippen LogP contribution in [0.15, 0.2) is 39.3 Å². The number of hydrogen-bond acceptors (Lipinski definition) is 2. The fourth-order valence-corrected chi connectivity index (χ4v) is 4.24. The van der Waals surface area contributed by atoms with Gasteiger partial charge in [0.05, 0.1) is 6.04 Å². The van der Waals surface area contributed by atoms with Gasteiger partial charge in [0.1, 0.15) is 0 Å². The van der Waals surface area contributed by atoms with Crippen molar-refractivity contribution in [1.29, 1.82) is 0 Å². The van der Waals surface area contributed by atoms with Crippen LogP contribution in [-0.2, 0) is 0 Å². The number of thiophene rings is 1. The number of halogens is 2. The summed E-state index contributed by atoms with van der Waals surface area (Å²) in [5.41, 5.74) is 1.29. The molecule has 0 fully saturated rings. The van der Waals surface area contributed by atoms with Crippen LogP contribution in [-0.4, -0.2) is 6.54 Å². The predicted molar refractivity (Wildman–Crippen MR) is 91.0 cm³/mol. The summed E-state index contributed by atoms with van der Waals surface area (Å²) in [6.45, 7) is 5.37. The van der Waals surface area contributed by atoms with Crippen molar-refractivity contribution in [3.8, 4) is 0 Å². The molecule has 0 aliphatic rings. The molecule has 1 nitrogen and oxygen atoms in total. The maximum atomic E-state index is 3.68. The van der Waals surface area contributed by atoms with Gasteiger partial charge in [-0.3, -0.25) is 0 Å². The van der Waals surface area contributed by atoms with Gasteiger partial charge >= 0.3 is 0 Å². The molecule has 1 heterocycles. The van der Waals surface area contributed by atoms with Crippen molar-refractivity contribution in [3.63, 3.8) is 0 Å². The Kier molecular flexibility index (Phi) is 5.63. The minimum atomic E-state index is 0.265. The molecular formula is C15H17Br2NS. The van der Waals surface area contributed by atoms with Gasteiger partial charge in [-0.05, 0) is 49.7 Å². The Labute approximate surface area is 135 Å². The number of benzene rings is 1. The van der Waals surface area contributed by atoms with Crippen molar-refractivity contribution >= 4 is 43.2 Å². The predicted octanol–water partition coefficient (Wildman–Crippen LogP) is 5.67. The lowest BCUT2D eigenvalue weighted by molar-refractivity contribution is 0.604. The minimum Gasteiger partial charge on any atom is -0.306 e. The average Bonchev–Trinajstić information content (AvgIpc) is 2.78. The van der Waals surface area contributed by atoms with E-state index in [2.05, 4.69) is 81.4 Å². The largest absolute Gasteiger partial charge is 0.306 e. The first kappa shape index (κ1) is 15.2. The molecule has 19 heavy (non-hydrogen) atoms. The molecule has 1 aromatic carbocycles. The molecule has 0 aliphatic carbocycles. The summed E-state index contributed by atoms with van der Waals surface area (Å²) in [6, 6.07) is 11.1. The molecule has 0 bridgehead atoms. The van der Waals surface area contributed by atoms with E-state index in [9.17, 15) is 0 Å². The highest BCUT2D eigenvalue weighted by atomic mass is 79.9. The molecule has 1 unspecified atom stereocenters. The van der Waals surface area contributed by atoms with Crippen LogP contribution in [0.25, 0.3) is 0 Å². The Hall–Kier alpha value is -0.160. The lowest BCUT2D eigenvalue weighted by atomic mass is 10.1. The second-order valence-electron chi connectivity index (χ2n) is 4.50. The zero-order valence-corrected chi connectivity index (χ0v) is 15.0. The Morgan fingerprint density at radius 2 is 2.00 bits per heavy atom. The van der Waals surface area contributed by atoms with Crippen molar-refractivity contribution in [3.05, 3.63) is 54.6 Å². The van der Waals surface area contributed by atoms with Crippen LogP contribution < -0.4 is 5.32 Å². The van der Waals surface area contributed by atoms with Crippen molar-refractivity contribution < 1.29 is 0 Å². The van der Waals surface area contributed by atoms with E-state index in [-0.39, 0.29) is 6.04 Å². The van der Waals surface area contributed by atoms with Gasteiger partial charge in [-0.1, -0.05) is 44.8 Å². The molecule has 2 aromatic rings. The summed E-state index contributed by atoms with van der Waals surface area (Å²) >= 11 is 9.05. The number of rotatable bonds is 5. The van der Waals surface area contributed by atoms with Crippen LogP contribution in [0.2, 0.25) is 0 Å². The van der Waals surface area contributed by atoms with Crippen LogP contribution in [0, 0.1) is 6.92 Å². The van der Waals surface area contributed by atoms with Crippen LogP contribution in [0.4, 0.5) is 0 Å². The normalized spacial score (nSPS) is 12.6. The Balaban J connectivity index is 2.36. The fraction of sp³-hybridized carbons (Fsp3) is 0.333.